The SMILES string of the molecule is COC(=O)C1CCCC1c1cccc(N(Cc2ccc(-c3ccc(N(C)C)cc3)cc2)C(=O)C2CCCCC2)c1. The van der Waals surface area contributed by atoms with Crippen LogP contribution in [0.1, 0.15) is 68.4 Å². The van der Waals surface area contributed by atoms with E-state index in [2.05, 4.69) is 65.6 Å². The van der Waals surface area contributed by atoms with Crippen molar-refractivity contribution < 1.29 is 14.3 Å². The molecule has 0 bridgehead atoms. The van der Waals surface area contributed by atoms with E-state index < -0.39 is 0 Å². The second-order valence-electron chi connectivity index (χ2n) is 11.7. The van der Waals surface area contributed by atoms with E-state index in [-0.39, 0.29) is 29.6 Å². The van der Waals surface area contributed by atoms with Crippen LogP contribution in [0.3, 0.4) is 0 Å². The first-order valence-electron chi connectivity index (χ1n) is 14.8. The van der Waals surface area contributed by atoms with Gasteiger partial charge in [-0.15, -0.1) is 0 Å². The van der Waals surface area contributed by atoms with Crippen LogP contribution in [0.4, 0.5) is 11.4 Å². The number of ether oxygens (including phenoxy) is 1. The molecule has 2 aliphatic carbocycles. The van der Waals surface area contributed by atoms with Gasteiger partial charge in [-0.05, 0) is 78.1 Å². The van der Waals surface area contributed by atoms with E-state index in [1.54, 1.807) is 0 Å². The molecule has 2 unspecified atom stereocenters. The predicted molar refractivity (Wildman–Crippen MR) is 163 cm³/mol. The summed E-state index contributed by atoms with van der Waals surface area (Å²) < 4.78 is 5.11. The molecule has 2 fully saturated rings. The maximum absolute atomic E-state index is 14.0. The predicted octanol–water partition coefficient (Wildman–Crippen LogP) is 7.59. The van der Waals surface area contributed by atoms with E-state index in [0.717, 1.165) is 67.3 Å². The Bertz CT molecular complexity index is 1290. The summed E-state index contributed by atoms with van der Waals surface area (Å²) in [6.45, 7) is 0.531. The molecule has 5 heteroatoms. The quantitative estimate of drug-likeness (QED) is 0.277. The van der Waals surface area contributed by atoms with Gasteiger partial charge < -0.3 is 14.5 Å². The Labute approximate surface area is 239 Å². The normalized spacial score (nSPS) is 19.3. The van der Waals surface area contributed by atoms with Gasteiger partial charge in [0.2, 0.25) is 5.91 Å². The number of hydrogen-bond donors (Lipinski definition) is 0. The van der Waals surface area contributed by atoms with E-state index in [9.17, 15) is 9.59 Å². The zero-order valence-corrected chi connectivity index (χ0v) is 24.1. The molecule has 0 saturated heterocycles. The van der Waals surface area contributed by atoms with Gasteiger partial charge >= 0.3 is 5.97 Å². The summed E-state index contributed by atoms with van der Waals surface area (Å²) in [6.07, 6.45) is 8.22. The monoisotopic (exact) mass is 538 g/mol. The standard InChI is InChI=1S/C35H42N2O3/c1-36(2)30-21-19-27(20-22-30)26-17-15-25(16-18-26)24-37(34(38)28-9-5-4-6-10-28)31-12-7-11-29(23-31)32-13-8-14-33(32)35(39)40-3/h7,11-12,15-23,28,32-33H,4-6,8-10,13-14,24H2,1-3H3. The Balaban J connectivity index is 1.41. The van der Waals surface area contributed by atoms with E-state index in [1.807, 2.05) is 31.1 Å². The van der Waals surface area contributed by atoms with Crippen molar-refractivity contribution >= 4 is 23.3 Å². The lowest BCUT2D eigenvalue weighted by Gasteiger charge is -2.30. The number of nitrogens with zero attached hydrogens (tertiary/aromatic N) is 2. The van der Waals surface area contributed by atoms with Crippen molar-refractivity contribution in [1.29, 1.82) is 0 Å². The van der Waals surface area contributed by atoms with Crippen molar-refractivity contribution in [2.24, 2.45) is 11.8 Å². The third-order valence-corrected chi connectivity index (χ3v) is 8.86. The first kappa shape index (κ1) is 27.9. The minimum atomic E-state index is -0.125. The number of anilines is 2. The zero-order valence-electron chi connectivity index (χ0n) is 24.1. The average molecular weight is 539 g/mol. The Morgan fingerprint density at radius 3 is 2.10 bits per heavy atom. The van der Waals surface area contributed by atoms with Crippen LogP contribution in [0.25, 0.3) is 11.1 Å². The largest absolute Gasteiger partial charge is 0.469 e. The lowest BCUT2D eigenvalue weighted by atomic mass is 9.87. The molecule has 5 rings (SSSR count). The lowest BCUT2D eigenvalue weighted by molar-refractivity contribution is -0.145. The molecule has 2 saturated carbocycles. The highest BCUT2D eigenvalue weighted by atomic mass is 16.5. The molecule has 3 aromatic carbocycles. The third-order valence-electron chi connectivity index (χ3n) is 8.86. The smallest absolute Gasteiger partial charge is 0.309 e. The van der Waals surface area contributed by atoms with Crippen LogP contribution < -0.4 is 9.80 Å². The molecular weight excluding hydrogens is 496 g/mol. The minimum Gasteiger partial charge on any atom is -0.469 e. The number of methoxy groups -OCH3 is 1. The van der Waals surface area contributed by atoms with Gasteiger partial charge in [-0.25, -0.2) is 0 Å². The molecule has 5 nitrogen and oxygen atoms in total. The molecule has 0 aromatic heterocycles. The molecule has 40 heavy (non-hydrogen) atoms. The molecule has 2 aliphatic rings. The fourth-order valence-electron chi connectivity index (χ4n) is 6.52. The van der Waals surface area contributed by atoms with Gasteiger partial charge in [-0.2, -0.15) is 0 Å². The van der Waals surface area contributed by atoms with E-state index in [1.165, 1.54) is 24.8 Å². The van der Waals surface area contributed by atoms with Gasteiger partial charge in [0, 0.05) is 31.4 Å². The molecule has 1 amide bonds. The Morgan fingerprint density at radius 1 is 0.775 bits per heavy atom. The Hall–Kier alpha value is -3.60. The summed E-state index contributed by atoms with van der Waals surface area (Å²) in [4.78, 5) is 30.5. The Morgan fingerprint density at radius 2 is 1.45 bits per heavy atom. The second kappa shape index (κ2) is 12.7. The number of rotatable bonds is 8. The zero-order chi connectivity index (χ0) is 28.1. The van der Waals surface area contributed by atoms with Crippen molar-refractivity contribution in [1.82, 2.24) is 0 Å². The van der Waals surface area contributed by atoms with Gasteiger partial charge in [-0.3, -0.25) is 9.59 Å². The highest BCUT2D eigenvalue weighted by Gasteiger charge is 2.35. The van der Waals surface area contributed by atoms with Crippen LogP contribution in [0.15, 0.2) is 72.8 Å². The summed E-state index contributed by atoms with van der Waals surface area (Å²) in [6, 6.07) is 25.5. The molecule has 210 valence electrons. The molecule has 0 radical (unpaired) electrons. The van der Waals surface area contributed by atoms with Gasteiger partial charge in [0.25, 0.3) is 0 Å². The molecule has 0 heterocycles. The number of carbonyl (C=O) groups is 2. The van der Waals surface area contributed by atoms with Crippen LogP contribution in [0.2, 0.25) is 0 Å². The van der Waals surface area contributed by atoms with E-state index in [0.29, 0.717) is 6.54 Å². The number of amides is 1. The van der Waals surface area contributed by atoms with Gasteiger partial charge in [0.15, 0.2) is 0 Å². The molecular formula is C35H42N2O3. The number of carbonyl (C=O) groups excluding carboxylic acids is 2. The van der Waals surface area contributed by atoms with Gasteiger partial charge in [0.1, 0.15) is 0 Å². The fraction of sp³-hybridized carbons (Fsp3) is 0.429. The van der Waals surface area contributed by atoms with Crippen LogP contribution in [0.5, 0.6) is 0 Å². The van der Waals surface area contributed by atoms with Crippen molar-refractivity contribution in [2.75, 3.05) is 31.0 Å². The highest BCUT2D eigenvalue weighted by Crippen LogP contribution is 2.41. The van der Waals surface area contributed by atoms with Crippen LogP contribution >= 0.6 is 0 Å². The summed E-state index contributed by atoms with van der Waals surface area (Å²) in [5.41, 5.74) is 6.68. The summed E-state index contributed by atoms with van der Waals surface area (Å²) >= 11 is 0. The molecule has 0 aliphatic heterocycles. The molecule has 3 aromatic rings. The minimum absolute atomic E-state index is 0.0705. The van der Waals surface area contributed by atoms with Crippen LogP contribution in [-0.2, 0) is 20.9 Å². The van der Waals surface area contributed by atoms with E-state index in [4.69, 9.17) is 4.74 Å². The first-order chi connectivity index (χ1) is 19.4. The summed E-state index contributed by atoms with van der Waals surface area (Å²) in [7, 11) is 5.57. The maximum Gasteiger partial charge on any atom is 0.309 e. The second-order valence-corrected chi connectivity index (χ2v) is 11.7. The molecule has 2 atom stereocenters. The van der Waals surface area contributed by atoms with Crippen molar-refractivity contribution in [3.05, 3.63) is 83.9 Å². The maximum atomic E-state index is 14.0. The topological polar surface area (TPSA) is 49.9 Å². The number of esters is 1. The van der Waals surface area contributed by atoms with Crippen LogP contribution in [-0.4, -0.2) is 33.1 Å². The third kappa shape index (κ3) is 6.24. The molecule has 0 spiro atoms. The van der Waals surface area contributed by atoms with Crippen LogP contribution in [0, 0.1) is 11.8 Å². The highest BCUT2D eigenvalue weighted by molar-refractivity contribution is 5.95. The van der Waals surface area contributed by atoms with Gasteiger partial charge in [-0.1, -0.05) is 74.2 Å². The first-order valence-corrected chi connectivity index (χ1v) is 14.8. The molecule has 0 N–H and O–H groups in total. The fourth-order valence-corrected chi connectivity index (χ4v) is 6.52. The van der Waals surface area contributed by atoms with Crippen molar-refractivity contribution in [3.8, 4) is 11.1 Å². The number of hydrogen-bond acceptors (Lipinski definition) is 4. The van der Waals surface area contributed by atoms with Gasteiger partial charge in [0.05, 0.1) is 19.6 Å². The van der Waals surface area contributed by atoms with Crippen molar-refractivity contribution in [3.63, 3.8) is 0 Å². The number of benzene rings is 3. The summed E-state index contributed by atoms with van der Waals surface area (Å²) in [5.74, 6) is 0.191. The Kier molecular flexibility index (Phi) is 8.88. The average Bonchev–Trinajstić information content (AvgIpc) is 3.50. The summed E-state index contributed by atoms with van der Waals surface area (Å²) in [5, 5.41) is 0. The lowest BCUT2D eigenvalue weighted by Crippen LogP contribution is -2.36. The van der Waals surface area contributed by atoms with Crippen molar-refractivity contribution in [2.45, 2.75) is 63.8 Å². The van der Waals surface area contributed by atoms with E-state index >= 15 is 0 Å².